The molecule has 0 aliphatic carbocycles. The first-order valence-electron chi connectivity index (χ1n) is 6.82. The van der Waals surface area contributed by atoms with Crippen LogP contribution < -0.4 is 10.6 Å². The van der Waals surface area contributed by atoms with Crippen LogP contribution in [0.2, 0.25) is 0 Å². The number of anilines is 1. The molecular weight excluding hydrogens is 240 g/mol. The highest BCUT2D eigenvalue weighted by Gasteiger charge is 2.16. The van der Waals surface area contributed by atoms with Gasteiger partial charge in [-0.15, -0.1) is 0 Å². The summed E-state index contributed by atoms with van der Waals surface area (Å²) in [5.41, 5.74) is 2.18. The maximum Gasteiger partial charge on any atom is 0.0881 e. The molecule has 1 fully saturated rings. The number of hydrogen-bond acceptors (Lipinski definition) is 4. The highest BCUT2D eigenvalue weighted by atomic mass is 16.5. The lowest BCUT2D eigenvalue weighted by molar-refractivity contribution is 0.0731. The molecule has 2 atom stereocenters. The summed E-state index contributed by atoms with van der Waals surface area (Å²) in [6.07, 6.45) is 2.90. The van der Waals surface area contributed by atoms with Crippen molar-refractivity contribution >= 4 is 16.6 Å². The van der Waals surface area contributed by atoms with Gasteiger partial charge in [0.15, 0.2) is 0 Å². The number of hydrogen-bond donors (Lipinski definition) is 3. The van der Waals surface area contributed by atoms with E-state index in [1.807, 2.05) is 6.20 Å². The largest absolute Gasteiger partial charge is 0.381 e. The number of fused-ring (bicyclic) bond motifs is 1. The predicted octanol–water partition coefficient (Wildman–Crippen LogP) is 1.74. The van der Waals surface area contributed by atoms with Gasteiger partial charge in [0, 0.05) is 24.0 Å². The number of rotatable bonds is 4. The molecule has 5 heteroatoms. The van der Waals surface area contributed by atoms with Crippen LogP contribution in [-0.2, 0) is 4.74 Å². The van der Waals surface area contributed by atoms with Crippen molar-refractivity contribution < 1.29 is 4.74 Å². The molecule has 0 saturated carbocycles. The van der Waals surface area contributed by atoms with Crippen LogP contribution in [0.3, 0.4) is 0 Å². The Bertz CT molecular complexity index is 533. The fraction of sp³-hybridized carbons (Fsp3) is 0.500. The number of nitrogens with one attached hydrogen (secondary N) is 3. The van der Waals surface area contributed by atoms with Gasteiger partial charge < -0.3 is 15.4 Å². The number of ether oxygens (including phenoxy) is 1. The van der Waals surface area contributed by atoms with Crippen molar-refractivity contribution in [1.82, 2.24) is 15.5 Å². The van der Waals surface area contributed by atoms with Crippen LogP contribution in [0.15, 0.2) is 24.4 Å². The zero-order valence-corrected chi connectivity index (χ0v) is 11.1. The third-order valence-corrected chi connectivity index (χ3v) is 3.52. The average molecular weight is 260 g/mol. The van der Waals surface area contributed by atoms with E-state index in [1.54, 1.807) is 0 Å². The van der Waals surface area contributed by atoms with Crippen LogP contribution in [0, 0.1) is 0 Å². The topological polar surface area (TPSA) is 62.0 Å². The third kappa shape index (κ3) is 2.88. The Labute approximate surface area is 112 Å². The molecule has 2 heterocycles. The van der Waals surface area contributed by atoms with E-state index in [9.17, 15) is 0 Å². The molecule has 2 unspecified atom stereocenters. The van der Waals surface area contributed by atoms with Crippen LogP contribution in [0.25, 0.3) is 10.9 Å². The molecule has 1 aliphatic rings. The van der Waals surface area contributed by atoms with Gasteiger partial charge in [0.05, 0.1) is 30.6 Å². The minimum absolute atomic E-state index is 0.382. The Morgan fingerprint density at radius 3 is 3.32 bits per heavy atom. The quantitative estimate of drug-likeness (QED) is 0.783. The zero-order valence-electron chi connectivity index (χ0n) is 11.1. The maximum atomic E-state index is 5.48. The molecule has 1 saturated heterocycles. The van der Waals surface area contributed by atoms with Gasteiger partial charge in [-0.05, 0) is 19.4 Å². The SMILES string of the molecule is CC(CC1COCCN1)Nc1cccc2cn[nH]c12. The summed E-state index contributed by atoms with van der Waals surface area (Å²) < 4.78 is 5.48. The standard InChI is InChI=1S/C14H20N4O/c1-10(7-12-9-19-6-5-15-12)17-13-4-2-3-11-8-16-18-14(11)13/h2-4,8,10,12,15,17H,5-7,9H2,1H3,(H,16,18). The molecule has 3 N–H and O–H groups in total. The number of para-hydroxylation sites is 1. The molecule has 0 radical (unpaired) electrons. The van der Waals surface area contributed by atoms with Crippen molar-refractivity contribution in [3.63, 3.8) is 0 Å². The molecular formula is C14H20N4O. The second-order valence-electron chi connectivity index (χ2n) is 5.15. The molecule has 0 amide bonds. The number of H-pyrrole nitrogens is 1. The smallest absolute Gasteiger partial charge is 0.0881 e. The fourth-order valence-corrected chi connectivity index (χ4v) is 2.61. The monoisotopic (exact) mass is 260 g/mol. The summed E-state index contributed by atoms with van der Waals surface area (Å²) in [6.45, 7) is 4.78. The maximum absolute atomic E-state index is 5.48. The van der Waals surface area contributed by atoms with E-state index in [0.29, 0.717) is 12.1 Å². The summed E-state index contributed by atoms with van der Waals surface area (Å²) >= 11 is 0. The first-order chi connectivity index (χ1) is 9.33. The number of aromatic nitrogens is 2. The Morgan fingerprint density at radius 2 is 2.47 bits per heavy atom. The van der Waals surface area contributed by atoms with E-state index in [0.717, 1.165) is 42.8 Å². The van der Waals surface area contributed by atoms with E-state index in [1.165, 1.54) is 0 Å². The number of aromatic amines is 1. The Kier molecular flexibility index (Phi) is 3.66. The van der Waals surface area contributed by atoms with Crippen molar-refractivity contribution in [3.8, 4) is 0 Å². The molecule has 1 aromatic carbocycles. The van der Waals surface area contributed by atoms with Gasteiger partial charge in [-0.25, -0.2) is 0 Å². The van der Waals surface area contributed by atoms with E-state index in [2.05, 4.69) is 46.0 Å². The molecule has 102 valence electrons. The number of nitrogens with zero attached hydrogens (tertiary/aromatic N) is 1. The van der Waals surface area contributed by atoms with Gasteiger partial charge >= 0.3 is 0 Å². The second-order valence-corrected chi connectivity index (χ2v) is 5.15. The summed E-state index contributed by atoms with van der Waals surface area (Å²) in [5, 5.41) is 15.3. The van der Waals surface area contributed by atoms with Crippen molar-refractivity contribution in [2.45, 2.75) is 25.4 Å². The minimum Gasteiger partial charge on any atom is -0.381 e. The Balaban J connectivity index is 1.65. The molecule has 0 bridgehead atoms. The van der Waals surface area contributed by atoms with Crippen molar-refractivity contribution in [2.75, 3.05) is 25.1 Å². The normalized spacial score (nSPS) is 21.4. The number of benzene rings is 1. The van der Waals surface area contributed by atoms with Crippen LogP contribution in [-0.4, -0.2) is 42.0 Å². The lowest BCUT2D eigenvalue weighted by Gasteiger charge is -2.27. The molecule has 0 spiro atoms. The molecule has 5 nitrogen and oxygen atoms in total. The van der Waals surface area contributed by atoms with Gasteiger partial charge in [-0.2, -0.15) is 5.10 Å². The molecule has 1 aliphatic heterocycles. The van der Waals surface area contributed by atoms with Crippen molar-refractivity contribution in [3.05, 3.63) is 24.4 Å². The van der Waals surface area contributed by atoms with Gasteiger partial charge in [0.2, 0.25) is 0 Å². The highest BCUT2D eigenvalue weighted by Crippen LogP contribution is 2.21. The van der Waals surface area contributed by atoms with Crippen LogP contribution in [0.5, 0.6) is 0 Å². The summed E-state index contributed by atoms with van der Waals surface area (Å²) in [5.74, 6) is 0. The van der Waals surface area contributed by atoms with Gasteiger partial charge in [-0.3, -0.25) is 5.10 Å². The molecule has 1 aromatic heterocycles. The molecule has 19 heavy (non-hydrogen) atoms. The summed E-state index contributed by atoms with van der Waals surface area (Å²) in [4.78, 5) is 0. The van der Waals surface area contributed by atoms with Crippen LogP contribution >= 0.6 is 0 Å². The lowest BCUT2D eigenvalue weighted by atomic mass is 10.1. The predicted molar refractivity (Wildman–Crippen MR) is 76.4 cm³/mol. The highest BCUT2D eigenvalue weighted by molar-refractivity contribution is 5.89. The molecule has 3 rings (SSSR count). The average Bonchev–Trinajstić information content (AvgIpc) is 2.89. The Hall–Kier alpha value is -1.59. The van der Waals surface area contributed by atoms with Crippen LogP contribution in [0.4, 0.5) is 5.69 Å². The van der Waals surface area contributed by atoms with Gasteiger partial charge in [-0.1, -0.05) is 12.1 Å². The van der Waals surface area contributed by atoms with E-state index in [4.69, 9.17) is 4.74 Å². The summed E-state index contributed by atoms with van der Waals surface area (Å²) in [6, 6.07) is 7.02. The first-order valence-corrected chi connectivity index (χ1v) is 6.82. The zero-order chi connectivity index (χ0) is 13.1. The van der Waals surface area contributed by atoms with Gasteiger partial charge in [0.1, 0.15) is 0 Å². The first kappa shape index (κ1) is 12.4. The van der Waals surface area contributed by atoms with E-state index < -0.39 is 0 Å². The lowest BCUT2D eigenvalue weighted by Crippen LogP contribution is -2.43. The van der Waals surface area contributed by atoms with Gasteiger partial charge in [0.25, 0.3) is 0 Å². The number of morpholine rings is 1. The third-order valence-electron chi connectivity index (χ3n) is 3.52. The fourth-order valence-electron chi connectivity index (χ4n) is 2.61. The minimum atomic E-state index is 0.382. The summed E-state index contributed by atoms with van der Waals surface area (Å²) in [7, 11) is 0. The van der Waals surface area contributed by atoms with Crippen molar-refractivity contribution in [2.24, 2.45) is 0 Å². The molecule has 2 aromatic rings. The second kappa shape index (κ2) is 5.59. The van der Waals surface area contributed by atoms with E-state index in [-0.39, 0.29) is 0 Å². The van der Waals surface area contributed by atoms with Crippen molar-refractivity contribution in [1.29, 1.82) is 0 Å². The van der Waals surface area contributed by atoms with E-state index >= 15 is 0 Å². The van der Waals surface area contributed by atoms with Crippen LogP contribution in [0.1, 0.15) is 13.3 Å². The Morgan fingerprint density at radius 1 is 1.53 bits per heavy atom.